The molecular weight excluding hydrogens is 305 g/mol. The van der Waals surface area contributed by atoms with Crippen molar-refractivity contribution < 1.29 is 13.9 Å². The van der Waals surface area contributed by atoms with Crippen LogP contribution in [0.5, 0.6) is 5.75 Å². The molecule has 1 aromatic carbocycles. The van der Waals surface area contributed by atoms with Crippen LogP contribution >= 0.6 is 11.3 Å². The van der Waals surface area contributed by atoms with Crippen LogP contribution in [0.1, 0.15) is 23.4 Å². The molecule has 1 aliphatic heterocycles. The molecular formula is C15H18FN3O2S. The van der Waals surface area contributed by atoms with E-state index in [4.69, 9.17) is 9.47 Å². The highest BCUT2D eigenvalue weighted by molar-refractivity contribution is 7.09. The van der Waals surface area contributed by atoms with Gasteiger partial charge in [0.1, 0.15) is 10.5 Å². The van der Waals surface area contributed by atoms with E-state index in [1.807, 2.05) is 12.1 Å². The second-order valence-corrected chi connectivity index (χ2v) is 6.12. The van der Waals surface area contributed by atoms with E-state index in [9.17, 15) is 4.39 Å². The predicted molar refractivity (Wildman–Crippen MR) is 81.4 cm³/mol. The van der Waals surface area contributed by atoms with Crippen LogP contribution in [-0.4, -0.2) is 30.5 Å². The van der Waals surface area contributed by atoms with Crippen LogP contribution in [0.3, 0.4) is 0 Å². The van der Waals surface area contributed by atoms with Gasteiger partial charge in [-0.25, -0.2) is 4.39 Å². The molecule has 1 saturated heterocycles. The van der Waals surface area contributed by atoms with Gasteiger partial charge >= 0.3 is 0 Å². The molecule has 22 heavy (non-hydrogen) atoms. The molecule has 2 aromatic rings. The van der Waals surface area contributed by atoms with Crippen molar-refractivity contribution in [2.45, 2.75) is 24.9 Å². The fraction of sp³-hybridized carbons (Fsp3) is 0.467. The molecule has 3 rings (SSSR count). The number of nitrogens with zero attached hydrogens (tertiary/aromatic N) is 2. The average Bonchev–Trinajstić information content (AvgIpc) is 3.07. The minimum atomic E-state index is -0.470. The summed E-state index contributed by atoms with van der Waals surface area (Å²) in [5, 5.41) is 12.2. The molecule has 0 unspecified atom stereocenters. The molecule has 1 aliphatic rings. The number of hydrogen-bond acceptors (Lipinski definition) is 6. The standard InChI is InChI=1S/C15H18FN3O2S/c1-20-12-4-2-3-11(14(12)16)15(5-7-21-8-6-15)17-9-13-19-18-10-22-13/h2-4,10,17H,5-9H2,1H3. The molecule has 7 heteroatoms. The quantitative estimate of drug-likeness (QED) is 0.916. The van der Waals surface area contributed by atoms with Crippen molar-refractivity contribution in [2.24, 2.45) is 0 Å². The number of benzene rings is 1. The van der Waals surface area contributed by atoms with Crippen LogP contribution in [0.2, 0.25) is 0 Å². The van der Waals surface area contributed by atoms with Crippen molar-refractivity contribution in [3.8, 4) is 5.75 Å². The minimum Gasteiger partial charge on any atom is -0.494 e. The lowest BCUT2D eigenvalue weighted by molar-refractivity contribution is 0.0342. The topological polar surface area (TPSA) is 56.3 Å². The summed E-state index contributed by atoms with van der Waals surface area (Å²) in [6.07, 6.45) is 1.41. The Morgan fingerprint density at radius 1 is 1.41 bits per heavy atom. The van der Waals surface area contributed by atoms with E-state index in [2.05, 4.69) is 15.5 Å². The SMILES string of the molecule is COc1cccc(C2(NCc3nncs3)CCOCC2)c1F. The molecule has 0 aliphatic carbocycles. The maximum atomic E-state index is 14.7. The number of rotatable bonds is 5. The van der Waals surface area contributed by atoms with Crippen LogP contribution in [0.15, 0.2) is 23.7 Å². The first-order valence-corrected chi connectivity index (χ1v) is 8.04. The lowest BCUT2D eigenvalue weighted by atomic mass is 9.82. The van der Waals surface area contributed by atoms with Gasteiger partial charge in [-0.1, -0.05) is 12.1 Å². The smallest absolute Gasteiger partial charge is 0.170 e. The van der Waals surface area contributed by atoms with Crippen molar-refractivity contribution >= 4 is 11.3 Å². The third-order valence-corrected chi connectivity index (χ3v) is 4.73. The van der Waals surface area contributed by atoms with Gasteiger partial charge in [-0.05, 0) is 18.9 Å². The molecule has 0 spiro atoms. The number of aromatic nitrogens is 2. The minimum absolute atomic E-state index is 0.265. The molecule has 118 valence electrons. The molecule has 0 bridgehead atoms. The van der Waals surface area contributed by atoms with Gasteiger partial charge in [0.15, 0.2) is 11.6 Å². The molecule has 1 N–H and O–H groups in total. The summed E-state index contributed by atoms with van der Waals surface area (Å²) in [7, 11) is 1.48. The zero-order chi connectivity index (χ0) is 15.4. The predicted octanol–water partition coefficient (Wildman–Crippen LogP) is 2.48. The van der Waals surface area contributed by atoms with E-state index in [1.54, 1.807) is 11.6 Å². The molecule has 0 amide bonds. The van der Waals surface area contributed by atoms with Crippen LogP contribution in [0.25, 0.3) is 0 Å². The molecule has 0 saturated carbocycles. The van der Waals surface area contributed by atoms with Crippen molar-refractivity contribution in [2.75, 3.05) is 20.3 Å². The number of ether oxygens (including phenoxy) is 2. The van der Waals surface area contributed by atoms with E-state index in [0.717, 1.165) is 5.01 Å². The third kappa shape index (κ3) is 2.97. The van der Waals surface area contributed by atoms with Gasteiger partial charge < -0.3 is 14.8 Å². The second-order valence-electron chi connectivity index (χ2n) is 5.20. The fourth-order valence-electron chi connectivity index (χ4n) is 2.82. The summed E-state index contributed by atoms with van der Waals surface area (Å²) in [6, 6.07) is 5.27. The van der Waals surface area contributed by atoms with E-state index in [-0.39, 0.29) is 11.6 Å². The molecule has 0 radical (unpaired) electrons. The molecule has 0 atom stereocenters. The van der Waals surface area contributed by atoms with Crippen LogP contribution in [0.4, 0.5) is 4.39 Å². The van der Waals surface area contributed by atoms with Gasteiger partial charge in [-0.3, -0.25) is 0 Å². The van der Waals surface area contributed by atoms with Crippen molar-refractivity contribution in [1.82, 2.24) is 15.5 Å². The van der Waals surface area contributed by atoms with E-state index in [1.165, 1.54) is 18.4 Å². The fourth-order valence-corrected chi connectivity index (χ4v) is 3.28. The van der Waals surface area contributed by atoms with Crippen molar-refractivity contribution in [3.05, 3.63) is 40.1 Å². The second kappa shape index (κ2) is 6.68. The number of methoxy groups -OCH3 is 1. The first kappa shape index (κ1) is 15.3. The Morgan fingerprint density at radius 3 is 2.91 bits per heavy atom. The summed E-state index contributed by atoms with van der Waals surface area (Å²) in [4.78, 5) is 0. The molecule has 2 heterocycles. The highest BCUT2D eigenvalue weighted by Gasteiger charge is 2.37. The summed E-state index contributed by atoms with van der Waals surface area (Å²) < 4.78 is 25.3. The lowest BCUT2D eigenvalue weighted by Gasteiger charge is -2.39. The van der Waals surface area contributed by atoms with E-state index < -0.39 is 5.54 Å². The Kier molecular flexibility index (Phi) is 4.66. The average molecular weight is 323 g/mol. The van der Waals surface area contributed by atoms with E-state index in [0.29, 0.717) is 38.2 Å². The zero-order valence-electron chi connectivity index (χ0n) is 12.3. The van der Waals surface area contributed by atoms with Gasteiger partial charge in [0.05, 0.1) is 19.2 Å². The van der Waals surface area contributed by atoms with Gasteiger partial charge in [-0.15, -0.1) is 21.5 Å². The molecule has 1 aromatic heterocycles. The maximum Gasteiger partial charge on any atom is 0.170 e. The van der Waals surface area contributed by atoms with Crippen molar-refractivity contribution in [1.29, 1.82) is 0 Å². The Labute approximate surface area is 132 Å². The van der Waals surface area contributed by atoms with Crippen LogP contribution < -0.4 is 10.1 Å². The Balaban J connectivity index is 1.91. The van der Waals surface area contributed by atoms with Crippen LogP contribution in [-0.2, 0) is 16.8 Å². The summed E-state index contributed by atoms with van der Waals surface area (Å²) in [5.41, 5.74) is 1.85. The largest absolute Gasteiger partial charge is 0.494 e. The van der Waals surface area contributed by atoms with Gasteiger partial charge in [-0.2, -0.15) is 0 Å². The number of nitrogens with one attached hydrogen (secondary N) is 1. The highest BCUT2D eigenvalue weighted by Crippen LogP contribution is 2.36. The third-order valence-electron chi connectivity index (χ3n) is 4.03. The normalized spacial score (nSPS) is 17.4. The van der Waals surface area contributed by atoms with Crippen LogP contribution in [0, 0.1) is 5.82 Å². The maximum absolute atomic E-state index is 14.7. The molecule has 1 fully saturated rings. The zero-order valence-corrected chi connectivity index (χ0v) is 13.2. The monoisotopic (exact) mass is 323 g/mol. The van der Waals surface area contributed by atoms with Gasteiger partial charge in [0.25, 0.3) is 0 Å². The first-order valence-electron chi connectivity index (χ1n) is 7.16. The highest BCUT2D eigenvalue weighted by atomic mass is 32.1. The van der Waals surface area contributed by atoms with Gasteiger partial charge in [0.2, 0.25) is 0 Å². The Bertz CT molecular complexity index is 615. The summed E-state index contributed by atoms with van der Waals surface area (Å²) in [5.74, 6) is -0.0438. The Hall–Kier alpha value is -1.57. The van der Waals surface area contributed by atoms with E-state index >= 15 is 0 Å². The summed E-state index contributed by atoms with van der Waals surface area (Å²) >= 11 is 1.48. The summed E-state index contributed by atoms with van der Waals surface area (Å²) in [6.45, 7) is 1.75. The Morgan fingerprint density at radius 2 is 2.23 bits per heavy atom. The molecule has 5 nitrogen and oxygen atoms in total. The number of hydrogen-bond donors (Lipinski definition) is 1. The van der Waals surface area contributed by atoms with Crippen molar-refractivity contribution in [3.63, 3.8) is 0 Å². The first-order chi connectivity index (χ1) is 10.7. The number of halogens is 1. The lowest BCUT2D eigenvalue weighted by Crippen LogP contribution is -2.47. The van der Waals surface area contributed by atoms with Gasteiger partial charge in [0, 0.05) is 18.8 Å².